The topological polar surface area (TPSA) is 68.3 Å². The van der Waals surface area contributed by atoms with E-state index in [4.69, 9.17) is 0 Å². The molecule has 0 spiro atoms. The summed E-state index contributed by atoms with van der Waals surface area (Å²) in [5, 5.41) is 0. The van der Waals surface area contributed by atoms with Crippen LogP contribution in [0, 0.1) is 35.5 Å². The maximum atomic E-state index is 11.4. The summed E-state index contributed by atoms with van der Waals surface area (Å²) in [6, 6.07) is 20.0. The van der Waals surface area contributed by atoms with E-state index in [2.05, 4.69) is 26.0 Å². The second-order valence-electron chi connectivity index (χ2n) is 14.4. The first-order valence-corrected chi connectivity index (χ1v) is 17.8. The van der Waals surface area contributed by atoms with E-state index in [1.165, 1.54) is 37.7 Å². The van der Waals surface area contributed by atoms with Gasteiger partial charge in [-0.25, -0.2) is 0 Å². The summed E-state index contributed by atoms with van der Waals surface area (Å²) in [5.74, 6) is 3.50. The molecule has 0 amide bonds. The number of Topliss-reactive ketones (excluding diaryl/α,β-unsaturated/α-hetero) is 4. The van der Waals surface area contributed by atoms with Gasteiger partial charge in [0.25, 0.3) is 0 Å². The lowest BCUT2D eigenvalue weighted by atomic mass is 9.84. The van der Waals surface area contributed by atoms with Gasteiger partial charge in [-0.2, -0.15) is 0 Å². The molecule has 2 aromatic rings. The molecule has 4 nitrogen and oxygen atoms in total. The molecule has 0 atom stereocenters. The molecule has 4 heteroatoms. The van der Waals surface area contributed by atoms with Crippen LogP contribution in [0.1, 0.15) is 147 Å². The van der Waals surface area contributed by atoms with Gasteiger partial charge in [0.1, 0.15) is 23.1 Å². The minimum absolute atomic E-state index is 0. The van der Waals surface area contributed by atoms with Crippen LogP contribution in [0.15, 0.2) is 60.7 Å². The smallest absolute Gasteiger partial charge is 0.139 e. The summed E-state index contributed by atoms with van der Waals surface area (Å²) >= 11 is 0. The number of ketones is 4. The molecule has 0 bridgehead atoms. The average molecular weight is 667 g/mol. The quantitative estimate of drug-likeness (QED) is 0.213. The molecule has 48 heavy (non-hydrogen) atoms. The van der Waals surface area contributed by atoms with Crippen molar-refractivity contribution in [1.82, 2.24) is 0 Å². The van der Waals surface area contributed by atoms with E-state index >= 15 is 0 Å². The van der Waals surface area contributed by atoms with Gasteiger partial charge < -0.3 is 0 Å². The highest BCUT2D eigenvalue weighted by Gasteiger charge is 2.18. The SMILES string of the molecule is C.C.CC(C)C(=O)CC1CCCCC1.CC(C)C(=O)CCc1ccccc1.CC(C)C(=O)Cc1ccccc1.CC(C)CC(=O)C(C)C. The lowest BCUT2D eigenvalue weighted by Crippen LogP contribution is -2.15. The van der Waals surface area contributed by atoms with E-state index in [9.17, 15) is 19.2 Å². The Morgan fingerprint density at radius 2 is 0.958 bits per heavy atom. The second kappa shape index (κ2) is 29.1. The van der Waals surface area contributed by atoms with E-state index in [1.807, 2.05) is 104 Å². The van der Waals surface area contributed by atoms with Crippen molar-refractivity contribution < 1.29 is 19.2 Å². The maximum Gasteiger partial charge on any atom is 0.139 e. The number of hydrogen-bond donors (Lipinski definition) is 0. The van der Waals surface area contributed by atoms with Gasteiger partial charge in [-0.15, -0.1) is 0 Å². The monoisotopic (exact) mass is 667 g/mol. The van der Waals surface area contributed by atoms with Crippen LogP contribution >= 0.6 is 0 Å². The van der Waals surface area contributed by atoms with Crippen molar-refractivity contribution in [1.29, 1.82) is 0 Å². The molecule has 0 aromatic heterocycles. The number of rotatable bonds is 13. The molecule has 0 aliphatic heterocycles. The zero-order chi connectivity index (χ0) is 35.1. The number of carbonyl (C=O) groups excluding carboxylic acids is 4. The van der Waals surface area contributed by atoms with Crippen molar-refractivity contribution in [2.75, 3.05) is 0 Å². The average Bonchev–Trinajstić information content (AvgIpc) is 3.01. The Labute approximate surface area is 297 Å². The lowest BCUT2D eigenvalue weighted by molar-refractivity contribution is -0.123. The summed E-state index contributed by atoms with van der Waals surface area (Å²) in [7, 11) is 0. The number of hydrogen-bond acceptors (Lipinski definition) is 4. The molecule has 0 heterocycles. The predicted octanol–water partition coefficient (Wildman–Crippen LogP) is 12.0. The molecule has 2 aromatic carbocycles. The molecular weight excluding hydrogens is 592 g/mol. The number of benzene rings is 2. The first kappa shape index (κ1) is 49.5. The van der Waals surface area contributed by atoms with Crippen molar-refractivity contribution in [3.05, 3.63) is 71.8 Å². The van der Waals surface area contributed by atoms with Crippen LogP contribution in [-0.4, -0.2) is 23.1 Å². The zero-order valence-electron chi connectivity index (χ0n) is 30.9. The molecule has 1 saturated carbocycles. The highest BCUT2D eigenvalue weighted by Crippen LogP contribution is 2.27. The number of aryl methyl sites for hydroxylation is 1. The Morgan fingerprint density at radius 1 is 0.542 bits per heavy atom. The standard InChI is InChI=1S/C12H16O.C11H20O.C11H14O.C8H16O.2CH4/c1-10(2)12(13)9-8-11-6-4-3-5-7-11;2*1-9(2)11(12)8-10-6-4-3-5-7-10;1-6(2)5-8(9)7(3)4;;/h3-7,10H,8-9H2,1-2H3;9-10H,3-8H2,1-2H3;3-7,9H,8H2,1-2H3;6-7H,5H2,1-4H3;2*1H4. The Balaban J connectivity index is -0.000000559. The van der Waals surface area contributed by atoms with Gasteiger partial charge in [0.15, 0.2) is 0 Å². The fraction of sp³-hybridized carbons (Fsp3) is 0.636. The second-order valence-corrected chi connectivity index (χ2v) is 14.4. The van der Waals surface area contributed by atoms with Crippen LogP contribution in [0.5, 0.6) is 0 Å². The van der Waals surface area contributed by atoms with Gasteiger partial charge in [-0.1, -0.05) is 177 Å². The molecular formula is C44H74O4. The van der Waals surface area contributed by atoms with E-state index < -0.39 is 0 Å². The van der Waals surface area contributed by atoms with Crippen LogP contribution in [0.3, 0.4) is 0 Å². The van der Waals surface area contributed by atoms with Crippen molar-refractivity contribution in [2.24, 2.45) is 35.5 Å². The predicted molar refractivity (Wildman–Crippen MR) is 208 cm³/mol. The van der Waals surface area contributed by atoms with Gasteiger partial charge in [0.05, 0.1) is 0 Å². The first-order chi connectivity index (χ1) is 21.6. The molecule has 0 saturated heterocycles. The van der Waals surface area contributed by atoms with Crippen molar-refractivity contribution in [3.63, 3.8) is 0 Å². The van der Waals surface area contributed by atoms with Crippen molar-refractivity contribution in [2.45, 2.75) is 148 Å². The molecule has 0 radical (unpaired) electrons. The van der Waals surface area contributed by atoms with Crippen molar-refractivity contribution >= 4 is 23.1 Å². The Hall–Kier alpha value is -2.88. The zero-order valence-corrected chi connectivity index (χ0v) is 30.9. The molecule has 1 fully saturated rings. The fourth-order valence-electron chi connectivity index (χ4n) is 4.75. The molecule has 0 N–H and O–H groups in total. The molecule has 1 aliphatic rings. The molecule has 274 valence electrons. The van der Waals surface area contributed by atoms with Crippen LogP contribution in [0.2, 0.25) is 0 Å². The van der Waals surface area contributed by atoms with E-state index in [0.29, 0.717) is 47.8 Å². The van der Waals surface area contributed by atoms with Crippen LogP contribution < -0.4 is 0 Å². The summed E-state index contributed by atoms with van der Waals surface area (Å²) < 4.78 is 0. The van der Waals surface area contributed by atoms with Crippen molar-refractivity contribution in [3.8, 4) is 0 Å². The third-order valence-electron chi connectivity index (χ3n) is 8.12. The third-order valence-corrected chi connectivity index (χ3v) is 8.12. The van der Waals surface area contributed by atoms with Crippen LogP contribution in [0.4, 0.5) is 0 Å². The Kier molecular flexibility index (Phi) is 30.0. The molecule has 1 aliphatic carbocycles. The molecule has 3 rings (SSSR count). The van der Waals surface area contributed by atoms with Crippen LogP contribution in [0.25, 0.3) is 0 Å². The van der Waals surface area contributed by atoms with Crippen LogP contribution in [-0.2, 0) is 32.0 Å². The summed E-state index contributed by atoms with van der Waals surface area (Å²) in [6.45, 7) is 19.8. The highest BCUT2D eigenvalue weighted by atomic mass is 16.1. The lowest BCUT2D eigenvalue weighted by Gasteiger charge is -2.21. The van der Waals surface area contributed by atoms with E-state index in [0.717, 1.165) is 24.8 Å². The summed E-state index contributed by atoms with van der Waals surface area (Å²) in [4.78, 5) is 45.0. The first-order valence-electron chi connectivity index (χ1n) is 17.8. The van der Waals surface area contributed by atoms with Gasteiger partial charge in [-0.3, -0.25) is 19.2 Å². The Morgan fingerprint density at radius 3 is 1.33 bits per heavy atom. The maximum absolute atomic E-state index is 11.4. The summed E-state index contributed by atoms with van der Waals surface area (Å²) in [6.07, 6.45) is 10.3. The Bertz CT molecular complexity index is 1090. The minimum atomic E-state index is 0. The number of carbonyl (C=O) groups is 4. The van der Waals surface area contributed by atoms with Gasteiger partial charge in [0, 0.05) is 49.4 Å². The molecule has 0 unspecified atom stereocenters. The largest absolute Gasteiger partial charge is 0.299 e. The highest BCUT2D eigenvalue weighted by molar-refractivity contribution is 5.82. The third kappa shape index (κ3) is 26.1. The van der Waals surface area contributed by atoms with E-state index in [-0.39, 0.29) is 38.5 Å². The normalized spacial score (nSPS) is 12.4. The van der Waals surface area contributed by atoms with Gasteiger partial charge in [0.2, 0.25) is 0 Å². The fourth-order valence-corrected chi connectivity index (χ4v) is 4.75. The summed E-state index contributed by atoms with van der Waals surface area (Å²) in [5.41, 5.74) is 2.35. The minimum Gasteiger partial charge on any atom is -0.299 e. The van der Waals surface area contributed by atoms with E-state index in [1.54, 1.807) is 0 Å². The van der Waals surface area contributed by atoms with Gasteiger partial charge in [-0.05, 0) is 29.4 Å². The van der Waals surface area contributed by atoms with Gasteiger partial charge >= 0.3 is 0 Å².